The maximum atomic E-state index is 13.3. The summed E-state index contributed by atoms with van der Waals surface area (Å²) < 4.78 is 0. The number of phenolic OH excluding ortho intramolecular Hbond substituents is 1. The molecule has 1 aliphatic heterocycles. The molecule has 0 saturated carbocycles. The van der Waals surface area contributed by atoms with E-state index in [4.69, 9.17) is 23.2 Å². The van der Waals surface area contributed by atoms with Crippen LogP contribution in [0, 0.1) is 0 Å². The molecule has 4 amide bonds. The highest BCUT2D eigenvalue weighted by atomic mass is 35.5. The van der Waals surface area contributed by atoms with E-state index >= 15 is 0 Å². The van der Waals surface area contributed by atoms with Crippen molar-refractivity contribution in [3.8, 4) is 5.75 Å². The van der Waals surface area contributed by atoms with Crippen molar-refractivity contribution in [1.82, 2.24) is 10.2 Å². The first-order valence-electron chi connectivity index (χ1n) is 9.92. The Morgan fingerprint density at radius 1 is 1.16 bits per heavy atom. The third kappa shape index (κ3) is 5.46. The summed E-state index contributed by atoms with van der Waals surface area (Å²) in [6.07, 6.45) is 0.228. The molecule has 2 aromatic rings. The molecule has 32 heavy (non-hydrogen) atoms. The molecule has 1 aromatic heterocycles. The third-order valence-corrected chi connectivity index (χ3v) is 7.19. The van der Waals surface area contributed by atoms with Crippen LogP contribution in [-0.2, 0) is 10.2 Å². The first-order valence-corrected chi connectivity index (χ1v) is 11.5. The summed E-state index contributed by atoms with van der Waals surface area (Å²) in [4.78, 5) is 40.1. The second-order valence-electron chi connectivity index (χ2n) is 8.33. The average molecular weight is 499 g/mol. The van der Waals surface area contributed by atoms with Crippen molar-refractivity contribution >= 4 is 63.1 Å². The molecule has 1 saturated heterocycles. The SMILES string of the molecule is CC(C)(C)c1cc(C(=O)N2CCNC(=O)CC2)c(NC(=O)Nc2ccc(O)c(Cl)c2Cl)s1. The summed E-state index contributed by atoms with van der Waals surface area (Å²) in [6.45, 7) is 7.12. The molecule has 2 heterocycles. The van der Waals surface area contributed by atoms with Crippen LogP contribution in [0.3, 0.4) is 0 Å². The Kier molecular flexibility index (Phi) is 7.22. The van der Waals surface area contributed by atoms with Crippen LogP contribution in [0.15, 0.2) is 18.2 Å². The molecular formula is C21H24Cl2N4O4S. The van der Waals surface area contributed by atoms with Crippen molar-refractivity contribution in [2.75, 3.05) is 30.3 Å². The number of carbonyl (C=O) groups is 3. The van der Waals surface area contributed by atoms with Gasteiger partial charge in [-0.2, -0.15) is 0 Å². The van der Waals surface area contributed by atoms with E-state index < -0.39 is 6.03 Å². The summed E-state index contributed by atoms with van der Waals surface area (Å²) >= 11 is 13.3. The number of nitrogens with one attached hydrogen (secondary N) is 3. The van der Waals surface area contributed by atoms with Gasteiger partial charge in [-0.25, -0.2) is 4.79 Å². The minimum absolute atomic E-state index is 0.00131. The maximum absolute atomic E-state index is 13.3. The van der Waals surface area contributed by atoms with Gasteiger partial charge in [0.25, 0.3) is 5.91 Å². The molecule has 0 radical (unpaired) electrons. The number of halogens is 2. The topological polar surface area (TPSA) is 111 Å². The van der Waals surface area contributed by atoms with Crippen molar-refractivity contribution in [3.63, 3.8) is 0 Å². The number of hydrogen-bond acceptors (Lipinski definition) is 5. The number of carbonyl (C=O) groups excluding carboxylic acids is 3. The largest absolute Gasteiger partial charge is 0.506 e. The Labute approximate surface area is 199 Å². The van der Waals surface area contributed by atoms with Gasteiger partial charge in [0.15, 0.2) is 0 Å². The van der Waals surface area contributed by atoms with Crippen LogP contribution < -0.4 is 16.0 Å². The van der Waals surface area contributed by atoms with Crippen LogP contribution >= 0.6 is 34.5 Å². The molecule has 1 fully saturated rings. The molecule has 8 nitrogen and oxygen atoms in total. The molecule has 1 aliphatic rings. The average Bonchev–Trinajstić information content (AvgIpc) is 3.02. The van der Waals surface area contributed by atoms with Gasteiger partial charge in [-0.15, -0.1) is 11.3 Å². The smallest absolute Gasteiger partial charge is 0.324 e. The zero-order chi connectivity index (χ0) is 23.6. The molecule has 0 atom stereocenters. The van der Waals surface area contributed by atoms with Crippen LogP contribution in [0.5, 0.6) is 5.75 Å². The monoisotopic (exact) mass is 498 g/mol. The normalized spacial score (nSPS) is 14.5. The number of benzene rings is 1. The van der Waals surface area contributed by atoms with E-state index in [9.17, 15) is 19.5 Å². The second-order valence-corrected chi connectivity index (χ2v) is 10.1. The number of amides is 4. The first-order chi connectivity index (χ1) is 15.0. The number of rotatable bonds is 3. The molecule has 0 bridgehead atoms. The minimum Gasteiger partial charge on any atom is -0.506 e. The lowest BCUT2D eigenvalue weighted by Gasteiger charge is -2.20. The molecule has 3 rings (SSSR count). The van der Waals surface area contributed by atoms with E-state index in [1.54, 1.807) is 11.0 Å². The zero-order valence-corrected chi connectivity index (χ0v) is 20.2. The lowest BCUT2D eigenvalue weighted by molar-refractivity contribution is -0.120. The van der Waals surface area contributed by atoms with Gasteiger partial charge in [0.05, 0.1) is 16.3 Å². The van der Waals surface area contributed by atoms with E-state index in [0.717, 1.165) is 4.88 Å². The molecule has 0 aliphatic carbocycles. The van der Waals surface area contributed by atoms with Crippen molar-refractivity contribution in [2.45, 2.75) is 32.6 Å². The van der Waals surface area contributed by atoms with Gasteiger partial charge >= 0.3 is 6.03 Å². The fourth-order valence-electron chi connectivity index (χ4n) is 3.05. The van der Waals surface area contributed by atoms with Crippen LogP contribution in [0.4, 0.5) is 15.5 Å². The summed E-state index contributed by atoms with van der Waals surface area (Å²) in [5.41, 5.74) is 0.337. The quantitative estimate of drug-likeness (QED) is 0.460. The predicted molar refractivity (Wildman–Crippen MR) is 127 cm³/mol. The number of hydrogen-bond donors (Lipinski definition) is 4. The number of aromatic hydroxyl groups is 1. The fraction of sp³-hybridized carbons (Fsp3) is 0.381. The second kappa shape index (κ2) is 9.56. The maximum Gasteiger partial charge on any atom is 0.324 e. The molecular weight excluding hydrogens is 475 g/mol. The van der Waals surface area contributed by atoms with Crippen molar-refractivity contribution in [2.24, 2.45) is 0 Å². The van der Waals surface area contributed by atoms with Gasteiger partial charge in [-0.3, -0.25) is 14.9 Å². The molecule has 0 unspecified atom stereocenters. The van der Waals surface area contributed by atoms with Gasteiger partial charge in [-0.05, 0) is 23.6 Å². The van der Waals surface area contributed by atoms with Crippen molar-refractivity contribution in [3.05, 3.63) is 38.7 Å². The van der Waals surface area contributed by atoms with Crippen molar-refractivity contribution in [1.29, 1.82) is 0 Å². The molecule has 172 valence electrons. The first kappa shape index (κ1) is 24.2. The van der Waals surface area contributed by atoms with E-state index in [1.165, 1.54) is 23.5 Å². The highest BCUT2D eigenvalue weighted by Gasteiger charge is 2.28. The Bertz CT molecular complexity index is 1060. The van der Waals surface area contributed by atoms with Crippen LogP contribution in [0.1, 0.15) is 42.4 Å². The van der Waals surface area contributed by atoms with Gasteiger partial charge in [0, 0.05) is 30.9 Å². The Morgan fingerprint density at radius 2 is 1.88 bits per heavy atom. The van der Waals surface area contributed by atoms with Crippen LogP contribution in [0.25, 0.3) is 0 Å². The van der Waals surface area contributed by atoms with Crippen LogP contribution in [-0.4, -0.2) is 47.5 Å². The third-order valence-electron chi connectivity index (χ3n) is 4.84. The zero-order valence-electron chi connectivity index (χ0n) is 17.8. The fourth-order valence-corrected chi connectivity index (χ4v) is 4.52. The van der Waals surface area contributed by atoms with Gasteiger partial charge in [-0.1, -0.05) is 44.0 Å². The Hall–Kier alpha value is -2.49. The van der Waals surface area contributed by atoms with E-state index in [2.05, 4.69) is 16.0 Å². The molecule has 1 aromatic carbocycles. The van der Waals surface area contributed by atoms with Gasteiger partial charge in [0.2, 0.25) is 5.91 Å². The number of urea groups is 1. The minimum atomic E-state index is -0.613. The molecule has 0 spiro atoms. The van der Waals surface area contributed by atoms with Crippen LogP contribution in [0.2, 0.25) is 10.0 Å². The van der Waals surface area contributed by atoms with Gasteiger partial charge < -0.3 is 20.6 Å². The summed E-state index contributed by atoms with van der Waals surface area (Å²) in [7, 11) is 0. The highest BCUT2D eigenvalue weighted by molar-refractivity contribution is 7.16. The summed E-state index contributed by atoms with van der Waals surface area (Å²) in [6, 6.07) is 3.91. The number of anilines is 2. The van der Waals surface area contributed by atoms with Crippen molar-refractivity contribution < 1.29 is 19.5 Å². The lowest BCUT2D eigenvalue weighted by Crippen LogP contribution is -2.34. The Balaban J connectivity index is 1.86. The van der Waals surface area contributed by atoms with Gasteiger partial charge in [0.1, 0.15) is 15.8 Å². The number of thiophene rings is 1. The van der Waals surface area contributed by atoms with E-state index in [-0.39, 0.29) is 45.1 Å². The molecule has 4 N–H and O–H groups in total. The summed E-state index contributed by atoms with van der Waals surface area (Å²) in [5.74, 6) is -0.550. The Morgan fingerprint density at radius 3 is 2.56 bits per heavy atom. The highest BCUT2D eigenvalue weighted by Crippen LogP contribution is 2.38. The number of phenols is 1. The standard InChI is InChI=1S/C21H24Cl2N4O4S/c1-21(2,3)14-10-11(19(30)27-8-6-15(29)24-7-9-27)18(32-14)26-20(31)25-12-4-5-13(28)17(23)16(12)22/h4-5,10,28H,6-9H2,1-3H3,(H,24,29)(H2,25,26,31). The number of nitrogens with zero attached hydrogens (tertiary/aromatic N) is 1. The van der Waals surface area contributed by atoms with E-state index in [0.29, 0.717) is 30.2 Å². The lowest BCUT2D eigenvalue weighted by atomic mass is 9.94. The van der Waals surface area contributed by atoms with E-state index in [1.807, 2.05) is 20.8 Å². The summed E-state index contributed by atoms with van der Waals surface area (Å²) in [5, 5.41) is 18.0. The molecule has 11 heteroatoms. The predicted octanol–water partition coefficient (Wildman–Crippen LogP) is 4.66.